The molecule has 0 aromatic heterocycles. The van der Waals surface area contributed by atoms with Gasteiger partial charge in [0.25, 0.3) is 0 Å². The SMILES string of the molecule is CC1(C)C=NOC(N)C1. The first kappa shape index (κ1) is 6.55. The molecular formula is C6H12N2O. The highest BCUT2D eigenvalue weighted by Crippen LogP contribution is 2.22. The van der Waals surface area contributed by atoms with E-state index in [2.05, 4.69) is 19.0 Å². The summed E-state index contributed by atoms with van der Waals surface area (Å²) < 4.78 is 0. The lowest BCUT2D eigenvalue weighted by atomic mass is 9.90. The molecule has 9 heavy (non-hydrogen) atoms. The van der Waals surface area contributed by atoms with E-state index in [4.69, 9.17) is 10.6 Å². The maximum atomic E-state index is 5.47. The van der Waals surface area contributed by atoms with Gasteiger partial charge in [0.1, 0.15) is 0 Å². The molecule has 2 N–H and O–H groups in total. The van der Waals surface area contributed by atoms with Gasteiger partial charge in [-0.25, -0.2) is 0 Å². The van der Waals surface area contributed by atoms with Crippen LogP contribution in [0.4, 0.5) is 0 Å². The van der Waals surface area contributed by atoms with Crippen LogP contribution in [0, 0.1) is 5.41 Å². The second-order valence-corrected chi connectivity index (χ2v) is 3.07. The molecule has 0 bridgehead atoms. The minimum Gasteiger partial charge on any atom is -0.377 e. The average Bonchev–Trinajstić information content (AvgIpc) is 1.60. The second kappa shape index (κ2) is 1.99. The van der Waals surface area contributed by atoms with Gasteiger partial charge in [-0.15, -0.1) is 0 Å². The van der Waals surface area contributed by atoms with E-state index in [0.29, 0.717) is 0 Å². The van der Waals surface area contributed by atoms with E-state index >= 15 is 0 Å². The summed E-state index contributed by atoms with van der Waals surface area (Å²) in [5.74, 6) is 0. The molecule has 0 saturated heterocycles. The van der Waals surface area contributed by atoms with Gasteiger partial charge >= 0.3 is 0 Å². The summed E-state index contributed by atoms with van der Waals surface area (Å²) in [6, 6.07) is 0. The molecule has 1 rings (SSSR count). The van der Waals surface area contributed by atoms with Gasteiger partial charge in [-0.2, -0.15) is 0 Å². The van der Waals surface area contributed by atoms with Crippen molar-refractivity contribution in [2.24, 2.45) is 16.3 Å². The smallest absolute Gasteiger partial charge is 0.177 e. The second-order valence-electron chi connectivity index (χ2n) is 3.07. The van der Waals surface area contributed by atoms with Gasteiger partial charge < -0.3 is 4.84 Å². The van der Waals surface area contributed by atoms with Gasteiger partial charge in [0.05, 0.1) is 0 Å². The highest BCUT2D eigenvalue weighted by molar-refractivity contribution is 5.64. The van der Waals surface area contributed by atoms with Crippen LogP contribution in [-0.2, 0) is 4.84 Å². The van der Waals surface area contributed by atoms with Gasteiger partial charge in [0.2, 0.25) is 0 Å². The highest BCUT2D eigenvalue weighted by atomic mass is 16.6. The molecule has 0 saturated carbocycles. The predicted molar refractivity (Wildman–Crippen MR) is 36.0 cm³/mol. The number of hydrogen-bond donors (Lipinski definition) is 1. The summed E-state index contributed by atoms with van der Waals surface area (Å²) in [6.45, 7) is 4.16. The van der Waals surface area contributed by atoms with Crippen LogP contribution in [0.5, 0.6) is 0 Å². The molecule has 1 aliphatic heterocycles. The molecule has 3 heteroatoms. The summed E-state index contributed by atoms with van der Waals surface area (Å²) in [5, 5.41) is 3.66. The standard InChI is InChI=1S/C6H12N2O/c1-6(2)3-5(7)9-8-4-6/h4-5H,3,7H2,1-2H3. The van der Waals surface area contributed by atoms with Crippen molar-refractivity contribution in [3.05, 3.63) is 0 Å². The maximum absolute atomic E-state index is 5.47. The first-order valence-corrected chi connectivity index (χ1v) is 3.06. The maximum Gasteiger partial charge on any atom is 0.177 e. The molecule has 0 aliphatic carbocycles. The van der Waals surface area contributed by atoms with Crippen molar-refractivity contribution in [1.82, 2.24) is 0 Å². The van der Waals surface area contributed by atoms with Gasteiger partial charge in [0.15, 0.2) is 6.23 Å². The van der Waals surface area contributed by atoms with E-state index in [1.54, 1.807) is 6.21 Å². The van der Waals surface area contributed by atoms with E-state index in [9.17, 15) is 0 Å². The Labute approximate surface area is 54.9 Å². The average molecular weight is 128 g/mol. The van der Waals surface area contributed by atoms with Crippen molar-refractivity contribution in [1.29, 1.82) is 0 Å². The fraction of sp³-hybridized carbons (Fsp3) is 0.833. The van der Waals surface area contributed by atoms with Crippen LogP contribution < -0.4 is 5.73 Å². The third kappa shape index (κ3) is 1.68. The van der Waals surface area contributed by atoms with Gasteiger partial charge in [0, 0.05) is 18.1 Å². The lowest BCUT2D eigenvalue weighted by Crippen LogP contribution is -2.33. The van der Waals surface area contributed by atoms with Gasteiger partial charge in [-0.05, 0) is 0 Å². The van der Waals surface area contributed by atoms with Crippen LogP contribution in [0.1, 0.15) is 20.3 Å². The summed E-state index contributed by atoms with van der Waals surface area (Å²) in [5.41, 5.74) is 5.58. The van der Waals surface area contributed by atoms with Crippen LogP contribution in [-0.4, -0.2) is 12.4 Å². The third-order valence-corrected chi connectivity index (χ3v) is 1.33. The molecule has 1 heterocycles. The van der Waals surface area contributed by atoms with E-state index in [-0.39, 0.29) is 11.6 Å². The Morgan fingerprint density at radius 1 is 1.78 bits per heavy atom. The molecule has 3 nitrogen and oxygen atoms in total. The molecule has 0 radical (unpaired) electrons. The van der Waals surface area contributed by atoms with E-state index in [1.807, 2.05) is 0 Å². The zero-order valence-corrected chi connectivity index (χ0v) is 5.79. The summed E-state index contributed by atoms with van der Waals surface area (Å²) >= 11 is 0. The van der Waals surface area contributed by atoms with Gasteiger partial charge in [-0.1, -0.05) is 19.0 Å². The van der Waals surface area contributed by atoms with Crippen molar-refractivity contribution in [3.8, 4) is 0 Å². The molecule has 0 fully saturated rings. The fourth-order valence-electron chi connectivity index (χ4n) is 0.860. The van der Waals surface area contributed by atoms with Crippen LogP contribution in [0.3, 0.4) is 0 Å². The van der Waals surface area contributed by atoms with Crippen molar-refractivity contribution in [3.63, 3.8) is 0 Å². The Morgan fingerprint density at radius 2 is 2.44 bits per heavy atom. The molecule has 0 amide bonds. The Morgan fingerprint density at radius 3 is 2.78 bits per heavy atom. The van der Waals surface area contributed by atoms with Crippen molar-refractivity contribution in [2.45, 2.75) is 26.5 Å². The predicted octanol–water partition coefficient (Wildman–Crippen LogP) is 0.704. The first-order chi connectivity index (χ1) is 4.10. The molecule has 1 atom stereocenters. The topological polar surface area (TPSA) is 47.6 Å². The summed E-state index contributed by atoms with van der Waals surface area (Å²) in [4.78, 5) is 4.76. The summed E-state index contributed by atoms with van der Waals surface area (Å²) in [7, 11) is 0. The number of nitrogens with zero attached hydrogens (tertiary/aromatic N) is 1. The van der Waals surface area contributed by atoms with E-state index in [0.717, 1.165) is 6.42 Å². The molecule has 0 spiro atoms. The third-order valence-electron chi connectivity index (χ3n) is 1.33. The zero-order chi connectivity index (χ0) is 6.91. The zero-order valence-electron chi connectivity index (χ0n) is 5.79. The normalized spacial score (nSPS) is 31.7. The van der Waals surface area contributed by atoms with Crippen LogP contribution >= 0.6 is 0 Å². The number of nitrogens with two attached hydrogens (primary N) is 1. The molecule has 52 valence electrons. The molecule has 0 aromatic carbocycles. The lowest BCUT2D eigenvalue weighted by Gasteiger charge is -2.25. The van der Waals surface area contributed by atoms with E-state index < -0.39 is 0 Å². The van der Waals surface area contributed by atoms with E-state index in [1.165, 1.54) is 0 Å². The van der Waals surface area contributed by atoms with Crippen LogP contribution in [0.15, 0.2) is 5.16 Å². The van der Waals surface area contributed by atoms with Gasteiger partial charge in [-0.3, -0.25) is 5.73 Å². The minimum atomic E-state index is -0.218. The number of oxime groups is 1. The minimum absolute atomic E-state index is 0.109. The Bertz CT molecular complexity index is 131. The molecular weight excluding hydrogens is 116 g/mol. The molecule has 1 aliphatic rings. The summed E-state index contributed by atoms with van der Waals surface area (Å²) in [6.07, 6.45) is 2.41. The Balaban J connectivity index is 2.60. The largest absolute Gasteiger partial charge is 0.377 e. The number of hydrogen-bond acceptors (Lipinski definition) is 3. The fourth-order valence-corrected chi connectivity index (χ4v) is 0.860. The lowest BCUT2D eigenvalue weighted by molar-refractivity contribution is 0.0261. The Kier molecular flexibility index (Phi) is 1.45. The quantitative estimate of drug-likeness (QED) is 0.522. The molecule has 0 aromatic rings. The van der Waals surface area contributed by atoms with Crippen molar-refractivity contribution in [2.75, 3.05) is 0 Å². The number of rotatable bonds is 0. The monoisotopic (exact) mass is 128 g/mol. The van der Waals surface area contributed by atoms with Crippen molar-refractivity contribution >= 4 is 6.21 Å². The Hall–Kier alpha value is -0.570. The first-order valence-electron chi connectivity index (χ1n) is 3.06. The molecule has 1 unspecified atom stereocenters. The highest BCUT2D eigenvalue weighted by Gasteiger charge is 2.23. The van der Waals surface area contributed by atoms with Crippen molar-refractivity contribution < 1.29 is 4.84 Å². The van der Waals surface area contributed by atoms with Crippen LogP contribution in [0.2, 0.25) is 0 Å². The van der Waals surface area contributed by atoms with Crippen LogP contribution in [0.25, 0.3) is 0 Å².